The van der Waals surface area contributed by atoms with E-state index in [4.69, 9.17) is 14.2 Å². The van der Waals surface area contributed by atoms with Crippen LogP contribution in [0, 0.1) is 0 Å². The van der Waals surface area contributed by atoms with Gasteiger partial charge in [0.1, 0.15) is 24.7 Å². The highest BCUT2D eigenvalue weighted by Gasteiger charge is 2.40. The van der Waals surface area contributed by atoms with Crippen molar-refractivity contribution in [3.63, 3.8) is 0 Å². The maximum Gasteiger partial charge on any atom is 0.336 e. The number of dihydropyridines is 1. The fourth-order valence-electron chi connectivity index (χ4n) is 4.36. The van der Waals surface area contributed by atoms with Crippen LogP contribution in [0.1, 0.15) is 37.7 Å². The second-order valence-electron chi connectivity index (χ2n) is 7.81. The summed E-state index contributed by atoms with van der Waals surface area (Å²) in [7, 11) is 1.59. The van der Waals surface area contributed by atoms with E-state index < -0.39 is 11.9 Å². The third kappa shape index (κ3) is 4.40. The number of hydrogen-bond donors (Lipinski definition) is 1. The predicted octanol–water partition coefficient (Wildman–Crippen LogP) is 4.29. The largest absolute Gasteiger partial charge is 0.496 e. The number of nitrogens with one attached hydrogen (secondary N) is 1. The first-order valence-electron chi connectivity index (χ1n) is 10.8. The van der Waals surface area contributed by atoms with Crippen LogP contribution in [-0.2, 0) is 14.3 Å². The summed E-state index contributed by atoms with van der Waals surface area (Å²) >= 11 is 0. The van der Waals surface area contributed by atoms with Gasteiger partial charge in [-0.25, -0.2) is 4.79 Å². The molecule has 2 aromatic rings. The minimum Gasteiger partial charge on any atom is -0.496 e. The van der Waals surface area contributed by atoms with Gasteiger partial charge in [-0.05, 0) is 38.0 Å². The first kappa shape index (κ1) is 21.7. The highest BCUT2D eigenvalue weighted by Crippen LogP contribution is 2.45. The number of para-hydroxylation sites is 2. The number of ketones is 1. The van der Waals surface area contributed by atoms with Gasteiger partial charge in [-0.3, -0.25) is 4.79 Å². The number of rotatable bonds is 7. The summed E-state index contributed by atoms with van der Waals surface area (Å²) in [6.07, 6.45) is 2.04. The molecule has 1 heterocycles. The Kier molecular flexibility index (Phi) is 6.59. The maximum atomic E-state index is 13.2. The lowest BCUT2D eigenvalue weighted by Gasteiger charge is -2.34. The molecule has 0 radical (unpaired) electrons. The molecule has 1 aliphatic carbocycles. The number of hydrogen-bond acceptors (Lipinski definition) is 6. The lowest BCUT2D eigenvalue weighted by molar-refractivity contribution is -0.140. The topological polar surface area (TPSA) is 73.9 Å². The average Bonchev–Trinajstić information content (AvgIpc) is 2.81. The van der Waals surface area contributed by atoms with Crippen molar-refractivity contribution in [3.8, 4) is 11.5 Å². The van der Waals surface area contributed by atoms with Crippen molar-refractivity contribution >= 4 is 11.8 Å². The Hall–Kier alpha value is -3.54. The number of benzene rings is 2. The van der Waals surface area contributed by atoms with Crippen molar-refractivity contribution in [2.75, 3.05) is 20.3 Å². The van der Waals surface area contributed by atoms with Gasteiger partial charge >= 0.3 is 5.97 Å². The Labute approximate surface area is 187 Å². The molecule has 0 saturated heterocycles. The number of methoxy groups -OCH3 is 1. The van der Waals surface area contributed by atoms with E-state index >= 15 is 0 Å². The van der Waals surface area contributed by atoms with E-state index in [2.05, 4.69) is 5.32 Å². The van der Waals surface area contributed by atoms with Crippen LogP contribution >= 0.6 is 0 Å². The van der Waals surface area contributed by atoms with Crippen molar-refractivity contribution in [2.45, 2.75) is 32.1 Å². The molecular formula is C26H27NO5. The second-order valence-corrected chi connectivity index (χ2v) is 7.81. The quantitative estimate of drug-likeness (QED) is 0.519. The zero-order valence-corrected chi connectivity index (χ0v) is 18.4. The van der Waals surface area contributed by atoms with Gasteiger partial charge < -0.3 is 19.5 Å². The van der Waals surface area contributed by atoms with Crippen LogP contribution in [0.15, 0.2) is 77.1 Å². The summed E-state index contributed by atoms with van der Waals surface area (Å²) in [5.41, 5.74) is 3.44. The molecular weight excluding hydrogens is 406 g/mol. The minimum atomic E-state index is -0.530. The Morgan fingerprint density at radius 3 is 2.56 bits per heavy atom. The lowest BCUT2D eigenvalue weighted by Crippen LogP contribution is -2.34. The standard InChI is InChI=1S/C26H27NO5/c1-17-23(26(29)32-16-15-31-18-9-4-3-5-10-18)24(19-11-6-7-14-22(19)30-2)25-20(27-17)12-8-13-21(25)28/h3-7,9-11,14,24,27H,8,12-13,15-16H2,1-2H3/t24-/m0/s1. The molecule has 4 rings (SSSR count). The number of Topliss-reactive ketones (excluding diaryl/α,β-unsaturated/α-hetero) is 1. The molecule has 6 nitrogen and oxygen atoms in total. The van der Waals surface area contributed by atoms with E-state index in [1.807, 2.05) is 61.5 Å². The third-order valence-electron chi connectivity index (χ3n) is 5.77. The number of carbonyl (C=O) groups is 2. The van der Waals surface area contributed by atoms with E-state index in [1.54, 1.807) is 7.11 Å². The monoisotopic (exact) mass is 433 g/mol. The van der Waals surface area contributed by atoms with Gasteiger partial charge in [-0.1, -0.05) is 36.4 Å². The highest BCUT2D eigenvalue weighted by atomic mass is 16.6. The third-order valence-corrected chi connectivity index (χ3v) is 5.77. The van der Waals surface area contributed by atoms with E-state index in [1.165, 1.54) is 0 Å². The summed E-state index contributed by atoms with van der Waals surface area (Å²) in [4.78, 5) is 26.2. The van der Waals surface area contributed by atoms with Gasteiger partial charge in [0.15, 0.2) is 5.78 Å². The zero-order valence-electron chi connectivity index (χ0n) is 18.4. The fraction of sp³-hybridized carbons (Fsp3) is 0.308. The second kappa shape index (κ2) is 9.73. The molecule has 2 aliphatic rings. The van der Waals surface area contributed by atoms with Crippen molar-refractivity contribution in [1.82, 2.24) is 5.32 Å². The van der Waals surface area contributed by atoms with Crippen LogP contribution in [0.3, 0.4) is 0 Å². The van der Waals surface area contributed by atoms with Crippen molar-refractivity contribution in [2.24, 2.45) is 0 Å². The molecule has 166 valence electrons. The predicted molar refractivity (Wildman–Crippen MR) is 120 cm³/mol. The van der Waals surface area contributed by atoms with Gasteiger partial charge in [0, 0.05) is 29.0 Å². The van der Waals surface area contributed by atoms with E-state index in [0.717, 1.165) is 24.1 Å². The minimum absolute atomic E-state index is 0.0554. The molecule has 0 unspecified atom stereocenters. The van der Waals surface area contributed by atoms with Crippen LogP contribution in [0.2, 0.25) is 0 Å². The molecule has 0 fully saturated rings. The van der Waals surface area contributed by atoms with E-state index in [0.29, 0.717) is 34.8 Å². The Balaban J connectivity index is 1.60. The van der Waals surface area contributed by atoms with E-state index in [-0.39, 0.29) is 19.0 Å². The van der Waals surface area contributed by atoms with Crippen LogP contribution in [-0.4, -0.2) is 32.1 Å². The summed E-state index contributed by atoms with van der Waals surface area (Å²) in [6, 6.07) is 16.9. The molecule has 0 saturated carbocycles. The number of ether oxygens (including phenoxy) is 3. The number of allylic oxidation sites excluding steroid dienone is 3. The summed E-state index contributed by atoms with van der Waals surface area (Å²) in [5.74, 6) is 0.410. The summed E-state index contributed by atoms with van der Waals surface area (Å²) in [6.45, 7) is 2.19. The Morgan fingerprint density at radius 2 is 1.78 bits per heavy atom. The Morgan fingerprint density at radius 1 is 1.03 bits per heavy atom. The Bertz CT molecular complexity index is 1070. The van der Waals surface area contributed by atoms with Gasteiger partial charge in [0.25, 0.3) is 0 Å². The lowest BCUT2D eigenvalue weighted by atomic mass is 9.75. The molecule has 2 aromatic carbocycles. The highest BCUT2D eigenvalue weighted by molar-refractivity contribution is 6.04. The molecule has 1 N–H and O–H groups in total. The number of esters is 1. The van der Waals surface area contributed by atoms with Crippen LogP contribution < -0.4 is 14.8 Å². The average molecular weight is 434 g/mol. The smallest absolute Gasteiger partial charge is 0.336 e. The van der Waals surface area contributed by atoms with Crippen molar-refractivity contribution in [1.29, 1.82) is 0 Å². The van der Waals surface area contributed by atoms with Crippen LogP contribution in [0.5, 0.6) is 11.5 Å². The van der Waals surface area contributed by atoms with Gasteiger partial charge in [-0.2, -0.15) is 0 Å². The molecule has 6 heteroatoms. The van der Waals surface area contributed by atoms with Gasteiger partial charge in [0.05, 0.1) is 18.6 Å². The first-order valence-corrected chi connectivity index (χ1v) is 10.8. The molecule has 1 atom stereocenters. The van der Waals surface area contributed by atoms with Gasteiger partial charge in [0.2, 0.25) is 0 Å². The molecule has 0 bridgehead atoms. The number of carbonyl (C=O) groups excluding carboxylic acids is 2. The molecule has 1 aliphatic heterocycles. The normalized spacial score (nSPS) is 18.1. The summed E-state index contributed by atoms with van der Waals surface area (Å²) < 4.78 is 16.8. The van der Waals surface area contributed by atoms with Crippen LogP contribution in [0.25, 0.3) is 0 Å². The van der Waals surface area contributed by atoms with Crippen molar-refractivity contribution in [3.05, 3.63) is 82.7 Å². The fourth-order valence-corrected chi connectivity index (χ4v) is 4.36. The van der Waals surface area contributed by atoms with Crippen LogP contribution in [0.4, 0.5) is 0 Å². The SMILES string of the molecule is COc1ccccc1[C@H]1C(C(=O)OCCOc2ccccc2)=C(C)NC2=C1C(=O)CCC2. The molecule has 0 spiro atoms. The molecule has 0 amide bonds. The molecule has 32 heavy (non-hydrogen) atoms. The van der Waals surface area contributed by atoms with Crippen molar-refractivity contribution < 1.29 is 23.8 Å². The first-order chi connectivity index (χ1) is 15.6. The maximum absolute atomic E-state index is 13.2. The zero-order chi connectivity index (χ0) is 22.5. The summed E-state index contributed by atoms with van der Waals surface area (Å²) in [5, 5.41) is 3.30. The van der Waals surface area contributed by atoms with Gasteiger partial charge in [-0.15, -0.1) is 0 Å². The van der Waals surface area contributed by atoms with E-state index in [9.17, 15) is 9.59 Å². The molecule has 0 aromatic heterocycles.